The molecule has 1 amide bonds. The van der Waals surface area contributed by atoms with Gasteiger partial charge in [0.25, 0.3) is 5.91 Å². The number of carbonyl (C=O) groups is 1. The Hall–Kier alpha value is -3.94. The van der Waals surface area contributed by atoms with Gasteiger partial charge in [0.2, 0.25) is 0 Å². The predicted octanol–water partition coefficient (Wildman–Crippen LogP) is 4.31. The highest BCUT2D eigenvalue weighted by atomic mass is 16.5. The molecule has 33 heavy (non-hydrogen) atoms. The number of amides is 1. The van der Waals surface area contributed by atoms with Gasteiger partial charge in [-0.2, -0.15) is 5.10 Å². The Labute approximate surface area is 193 Å². The van der Waals surface area contributed by atoms with E-state index < -0.39 is 0 Å². The molecule has 0 radical (unpaired) electrons. The molecule has 2 aromatic carbocycles. The van der Waals surface area contributed by atoms with Crippen molar-refractivity contribution in [3.63, 3.8) is 0 Å². The second-order valence-electron chi connectivity index (χ2n) is 7.26. The molecule has 0 saturated heterocycles. The van der Waals surface area contributed by atoms with Gasteiger partial charge in [-0.25, -0.2) is 5.43 Å². The van der Waals surface area contributed by atoms with Crippen molar-refractivity contribution >= 4 is 11.6 Å². The number of nitrogens with zero attached hydrogens (tertiary/aromatic N) is 1. The first-order chi connectivity index (χ1) is 15.9. The molecule has 0 aliphatic rings. The highest BCUT2D eigenvalue weighted by molar-refractivity contribution is 6.04. The molecule has 8 heteroatoms. The summed E-state index contributed by atoms with van der Waals surface area (Å²) in [4.78, 5) is 12.7. The quantitative estimate of drug-likeness (QED) is 0.384. The minimum absolute atomic E-state index is 0.352. The van der Waals surface area contributed by atoms with Gasteiger partial charge in [0.1, 0.15) is 11.5 Å². The number of hydrogen-bond donors (Lipinski definition) is 1. The Morgan fingerprint density at radius 3 is 2.03 bits per heavy atom. The first-order valence-corrected chi connectivity index (χ1v) is 10.3. The Balaban J connectivity index is 1.98. The van der Waals surface area contributed by atoms with Gasteiger partial charge >= 0.3 is 0 Å². The third-order valence-corrected chi connectivity index (χ3v) is 5.11. The van der Waals surface area contributed by atoms with Crippen LogP contribution >= 0.6 is 0 Å². The first kappa shape index (κ1) is 23.7. The fraction of sp³-hybridized carbons (Fsp3) is 0.280. The van der Waals surface area contributed by atoms with Gasteiger partial charge in [-0.15, -0.1) is 0 Å². The van der Waals surface area contributed by atoms with Crippen LogP contribution in [0.25, 0.3) is 0 Å². The zero-order valence-corrected chi connectivity index (χ0v) is 19.6. The summed E-state index contributed by atoms with van der Waals surface area (Å²) < 4.78 is 27.0. The minimum Gasteiger partial charge on any atom is -0.493 e. The van der Waals surface area contributed by atoms with Crippen LogP contribution in [0, 0.1) is 13.8 Å². The van der Waals surface area contributed by atoms with Gasteiger partial charge in [-0.3, -0.25) is 4.79 Å². The van der Waals surface area contributed by atoms with E-state index in [1.54, 1.807) is 54.4 Å². The molecule has 0 aliphatic carbocycles. The van der Waals surface area contributed by atoms with E-state index in [-0.39, 0.29) is 5.91 Å². The number of aryl methyl sites for hydroxylation is 2. The molecule has 0 atom stereocenters. The van der Waals surface area contributed by atoms with Gasteiger partial charge in [0, 0.05) is 12.0 Å². The third-order valence-electron chi connectivity index (χ3n) is 5.11. The van der Waals surface area contributed by atoms with Crippen LogP contribution in [0.2, 0.25) is 0 Å². The number of rotatable bonds is 9. The standard InChI is InChI=1S/C25H28N2O6/c1-15-11-19(16(2)33-15)25(28)27-26-20(18-8-10-22(30-4)24(14-18)32-6)12-17-7-9-21(29-3)23(13-17)31-5/h7-11,13-14H,12H2,1-6H3,(H,27,28). The summed E-state index contributed by atoms with van der Waals surface area (Å²) in [5.41, 5.74) is 5.40. The Morgan fingerprint density at radius 1 is 0.848 bits per heavy atom. The molecule has 0 aliphatic heterocycles. The highest BCUT2D eigenvalue weighted by Gasteiger charge is 2.16. The Bertz CT molecular complexity index is 1170. The predicted molar refractivity (Wildman–Crippen MR) is 125 cm³/mol. The van der Waals surface area contributed by atoms with E-state index in [0.717, 1.165) is 11.1 Å². The molecule has 0 fully saturated rings. The summed E-state index contributed by atoms with van der Waals surface area (Å²) in [7, 11) is 6.31. The minimum atomic E-state index is -0.352. The van der Waals surface area contributed by atoms with Gasteiger partial charge < -0.3 is 23.4 Å². The zero-order chi connectivity index (χ0) is 24.0. The molecule has 1 heterocycles. The molecular formula is C25H28N2O6. The summed E-state index contributed by atoms with van der Waals surface area (Å²) in [6.07, 6.45) is 0.416. The fourth-order valence-electron chi connectivity index (χ4n) is 3.44. The van der Waals surface area contributed by atoms with Crippen molar-refractivity contribution in [2.24, 2.45) is 5.10 Å². The van der Waals surface area contributed by atoms with E-state index >= 15 is 0 Å². The third kappa shape index (κ3) is 5.46. The van der Waals surface area contributed by atoms with Gasteiger partial charge in [-0.05, 0) is 55.8 Å². The average Bonchev–Trinajstić information content (AvgIpc) is 3.18. The van der Waals surface area contributed by atoms with Gasteiger partial charge in [0.05, 0.1) is 39.7 Å². The van der Waals surface area contributed by atoms with Crippen LogP contribution in [0.3, 0.4) is 0 Å². The molecular weight excluding hydrogens is 424 g/mol. The van der Waals surface area contributed by atoms with Crippen molar-refractivity contribution < 1.29 is 28.2 Å². The molecule has 0 bridgehead atoms. The molecule has 1 N–H and O–H groups in total. The SMILES string of the molecule is COc1ccc(CC(=NNC(=O)c2cc(C)oc2C)c2ccc(OC)c(OC)c2)cc1OC. The summed E-state index contributed by atoms with van der Waals surface area (Å²) in [6.45, 7) is 3.53. The van der Waals surface area contributed by atoms with E-state index in [0.29, 0.717) is 52.2 Å². The summed E-state index contributed by atoms with van der Waals surface area (Å²) in [5, 5.41) is 4.45. The Morgan fingerprint density at radius 2 is 1.45 bits per heavy atom. The van der Waals surface area contributed by atoms with Crippen molar-refractivity contribution in [1.29, 1.82) is 0 Å². The fourth-order valence-corrected chi connectivity index (χ4v) is 3.44. The zero-order valence-electron chi connectivity index (χ0n) is 19.6. The number of ether oxygens (including phenoxy) is 4. The molecule has 0 spiro atoms. The second-order valence-corrected chi connectivity index (χ2v) is 7.26. The number of furan rings is 1. The number of benzene rings is 2. The van der Waals surface area contributed by atoms with Crippen molar-refractivity contribution in [3.05, 3.63) is 70.7 Å². The maximum absolute atomic E-state index is 12.7. The molecule has 1 aromatic heterocycles. The van der Waals surface area contributed by atoms with E-state index in [4.69, 9.17) is 23.4 Å². The van der Waals surface area contributed by atoms with E-state index in [1.165, 1.54) is 0 Å². The number of methoxy groups -OCH3 is 4. The van der Waals surface area contributed by atoms with Crippen LogP contribution in [0.4, 0.5) is 0 Å². The average molecular weight is 453 g/mol. The number of hydrogen-bond acceptors (Lipinski definition) is 7. The first-order valence-electron chi connectivity index (χ1n) is 10.3. The molecule has 3 rings (SSSR count). The van der Waals surface area contributed by atoms with Crippen LogP contribution in [0.15, 0.2) is 52.0 Å². The summed E-state index contributed by atoms with van der Waals surface area (Å²) in [6, 6.07) is 12.8. The molecule has 3 aromatic rings. The maximum Gasteiger partial charge on any atom is 0.274 e. The summed E-state index contributed by atoms with van der Waals surface area (Å²) >= 11 is 0. The second kappa shape index (κ2) is 10.6. The van der Waals surface area contributed by atoms with Crippen LogP contribution < -0.4 is 24.4 Å². The van der Waals surface area contributed by atoms with E-state index in [2.05, 4.69) is 10.5 Å². The lowest BCUT2D eigenvalue weighted by Gasteiger charge is -2.13. The lowest BCUT2D eigenvalue weighted by Crippen LogP contribution is -2.21. The largest absolute Gasteiger partial charge is 0.493 e. The van der Waals surface area contributed by atoms with Crippen LogP contribution in [0.1, 0.15) is 33.0 Å². The normalized spacial score (nSPS) is 11.2. The van der Waals surface area contributed by atoms with Crippen molar-refractivity contribution in [3.8, 4) is 23.0 Å². The van der Waals surface area contributed by atoms with Gasteiger partial charge in [-0.1, -0.05) is 6.07 Å². The van der Waals surface area contributed by atoms with Gasteiger partial charge in [0.15, 0.2) is 23.0 Å². The number of carbonyl (C=O) groups excluding carboxylic acids is 1. The van der Waals surface area contributed by atoms with Crippen LogP contribution in [-0.2, 0) is 6.42 Å². The van der Waals surface area contributed by atoms with Crippen LogP contribution in [0.5, 0.6) is 23.0 Å². The van der Waals surface area contributed by atoms with Crippen molar-refractivity contribution in [1.82, 2.24) is 5.43 Å². The molecule has 8 nitrogen and oxygen atoms in total. The molecule has 0 saturated carbocycles. The van der Waals surface area contributed by atoms with Crippen molar-refractivity contribution in [2.45, 2.75) is 20.3 Å². The summed E-state index contributed by atoms with van der Waals surface area (Å²) in [5.74, 6) is 3.23. The van der Waals surface area contributed by atoms with Crippen molar-refractivity contribution in [2.75, 3.05) is 28.4 Å². The Kier molecular flexibility index (Phi) is 7.61. The lowest BCUT2D eigenvalue weighted by atomic mass is 10.0. The van der Waals surface area contributed by atoms with Crippen LogP contribution in [-0.4, -0.2) is 40.1 Å². The highest BCUT2D eigenvalue weighted by Crippen LogP contribution is 2.30. The number of nitrogens with one attached hydrogen (secondary N) is 1. The number of hydrazone groups is 1. The lowest BCUT2D eigenvalue weighted by molar-refractivity contribution is 0.0953. The topological polar surface area (TPSA) is 91.5 Å². The van der Waals surface area contributed by atoms with E-state index in [9.17, 15) is 4.79 Å². The van der Waals surface area contributed by atoms with E-state index in [1.807, 2.05) is 30.3 Å². The molecule has 174 valence electrons. The monoisotopic (exact) mass is 452 g/mol. The maximum atomic E-state index is 12.7. The molecule has 0 unspecified atom stereocenters. The smallest absolute Gasteiger partial charge is 0.274 e.